The minimum atomic E-state index is -1.28. The molecule has 2 aromatic carbocycles. The molecule has 0 aliphatic heterocycles. The summed E-state index contributed by atoms with van der Waals surface area (Å²) in [4.78, 5) is 23.2. The van der Waals surface area contributed by atoms with E-state index in [2.05, 4.69) is 5.32 Å². The molecule has 2 aromatic rings. The Morgan fingerprint density at radius 3 is 2.62 bits per heavy atom. The molecule has 0 unspecified atom stereocenters. The summed E-state index contributed by atoms with van der Waals surface area (Å²) in [7, 11) is 1.48. The fraction of sp³-hybridized carbons (Fsp3) is 0.0667. The smallest absolute Gasteiger partial charge is 0.337 e. The molecule has 1 amide bonds. The van der Waals surface area contributed by atoms with Gasteiger partial charge in [-0.15, -0.1) is 5.75 Å². The molecule has 0 fully saturated rings. The maximum absolute atomic E-state index is 12.1. The van der Waals surface area contributed by atoms with Gasteiger partial charge in [-0.2, -0.15) is 0 Å². The van der Waals surface area contributed by atoms with Crippen LogP contribution in [0.15, 0.2) is 42.5 Å². The molecule has 0 saturated carbocycles. The van der Waals surface area contributed by atoms with E-state index in [1.807, 2.05) is 0 Å². The van der Waals surface area contributed by atoms with E-state index < -0.39 is 17.6 Å². The van der Waals surface area contributed by atoms with Gasteiger partial charge in [0.15, 0.2) is 0 Å². The van der Waals surface area contributed by atoms with Gasteiger partial charge in [0.2, 0.25) is 0 Å². The molecule has 0 saturated heterocycles. The minimum absolute atomic E-state index is 0.0647. The van der Waals surface area contributed by atoms with Crippen LogP contribution in [-0.2, 0) is 0 Å². The van der Waals surface area contributed by atoms with Crippen molar-refractivity contribution in [1.29, 1.82) is 0 Å². The van der Waals surface area contributed by atoms with Crippen LogP contribution in [0.2, 0.25) is 0 Å². The molecule has 0 aliphatic rings. The van der Waals surface area contributed by atoms with Crippen molar-refractivity contribution in [1.82, 2.24) is 0 Å². The van der Waals surface area contributed by atoms with Crippen molar-refractivity contribution in [3.05, 3.63) is 53.6 Å². The van der Waals surface area contributed by atoms with Gasteiger partial charge in [-0.1, -0.05) is 18.2 Å². The number of nitrogens with one attached hydrogen (secondary N) is 1. The standard InChI is InChI=1S/C15H13NO5/c1-21-11-4-2-3-9(7-11)14(18)16-13-6-5-10(17)8-12(13)15(19)20/h2-8,17H,1H3,(H,16,18)(H,19,20)/p-1. The number of carboxylic acid groups (broad SMARTS) is 1. The molecule has 6 heteroatoms. The van der Waals surface area contributed by atoms with Gasteiger partial charge in [0.25, 0.3) is 5.91 Å². The molecular weight excluding hydrogens is 274 g/mol. The maximum atomic E-state index is 12.1. The van der Waals surface area contributed by atoms with E-state index in [1.54, 1.807) is 18.2 Å². The summed E-state index contributed by atoms with van der Waals surface area (Å²) in [6.45, 7) is 0. The molecule has 2 N–H and O–H groups in total. The van der Waals surface area contributed by atoms with Crippen molar-refractivity contribution < 1.29 is 24.5 Å². The van der Waals surface area contributed by atoms with E-state index in [1.165, 1.54) is 25.3 Å². The van der Waals surface area contributed by atoms with Gasteiger partial charge >= 0.3 is 5.97 Å². The van der Waals surface area contributed by atoms with Crippen LogP contribution in [0, 0.1) is 0 Å². The van der Waals surface area contributed by atoms with Gasteiger partial charge in [-0.3, -0.25) is 4.79 Å². The first-order valence-electron chi connectivity index (χ1n) is 6.01. The van der Waals surface area contributed by atoms with Crippen LogP contribution in [0.5, 0.6) is 11.5 Å². The third-order valence-corrected chi connectivity index (χ3v) is 2.80. The maximum Gasteiger partial charge on any atom is 0.337 e. The Morgan fingerprint density at radius 1 is 1.19 bits per heavy atom. The van der Waals surface area contributed by atoms with E-state index in [0.29, 0.717) is 11.3 Å². The van der Waals surface area contributed by atoms with E-state index in [4.69, 9.17) is 9.84 Å². The Morgan fingerprint density at radius 2 is 1.95 bits per heavy atom. The Hall–Kier alpha value is -3.02. The highest BCUT2D eigenvalue weighted by Crippen LogP contribution is 2.21. The number of aromatic carboxylic acids is 1. The molecule has 0 heterocycles. The number of benzene rings is 2. The number of anilines is 1. The van der Waals surface area contributed by atoms with Crippen molar-refractivity contribution in [2.24, 2.45) is 0 Å². The molecule has 0 bridgehead atoms. The lowest BCUT2D eigenvalue weighted by Gasteiger charge is -2.12. The van der Waals surface area contributed by atoms with Crippen LogP contribution in [0.4, 0.5) is 5.69 Å². The van der Waals surface area contributed by atoms with Crippen LogP contribution in [-0.4, -0.2) is 24.1 Å². The number of hydrogen-bond donors (Lipinski definition) is 2. The van der Waals surface area contributed by atoms with Gasteiger partial charge in [0.1, 0.15) is 5.75 Å². The van der Waals surface area contributed by atoms with Crippen LogP contribution in [0.3, 0.4) is 0 Å². The Bertz CT molecular complexity index is 696. The van der Waals surface area contributed by atoms with E-state index >= 15 is 0 Å². The lowest BCUT2D eigenvalue weighted by molar-refractivity contribution is -0.268. The van der Waals surface area contributed by atoms with E-state index in [-0.39, 0.29) is 11.3 Å². The molecule has 108 valence electrons. The highest BCUT2D eigenvalue weighted by atomic mass is 16.5. The summed E-state index contributed by atoms with van der Waals surface area (Å²) in [6, 6.07) is 9.84. The molecule has 0 aliphatic carbocycles. The van der Waals surface area contributed by atoms with Gasteiger partial charge in [0.05, 0.1) is 18.4 Å². The Balaban J connectivity index is 2.29. The first kappa shape index (κ1) is 14.4. The zero-order valence-corrected chi connectivity index (χ0v) is 11.1. The third kappa shape index (κ3) is 3.30. The predicted octanol–water partition coefficient (Wildman–Crippen LogP) is 1.72. The lowest BCUT2D eigenvalue weighted by Crippen LogP contribution is -2.15. The average Bonchev–Trinajstić information content (AvgIpc) is 2.48. The van der Waals surface area contributed by atoms with Gasteiger partial charge in [-0.25, -0.2) is 4.79 Å². The number of rotatable bonds is 4. The van der Waals surface area contributed by atoms with Crippen LogP contribution in [0.25, 0.3) is 0 Å². The molecule has 6 nitrogen and oxygen atoms in total. The van der Waals surface area contributed by atoms with Crippen molar-refractivity contribution in [2.75, 3.05) is 12.4 Å². The number of methoxy groups -OCH3 is 1. The second kappa shape index (κ2) is 5.96. The quantitative estimate of drug-likeness (QED) is 0.891. The molecule has 0 spiro atoms. The predicted molar refractivity (Wildman–Crippen MR) is 73.8 cm³/mol. The van der Waals surface area contributed by atoms with Crippen molar-refractivity contribution >= 4 is 17.6 Å². The second-order valence-electron chi connectivity index (χ2n) is 4.20. The average molecular weight is 286 g/mol. The molecule has 0 aromatic heterocycles. The van der Waals surface area contributed by atoms with Gasteiger partial charge in [0, 0.05) is 5.56 Å². The van der Waals surface area contributed by atoms with Gasteiger partial charge < -0.3 is 20.3 Å². The molecule has 2 rings (SSSR count). The third-order valence-electron chi connectivity index (χ3n) is 2.80. The van der Waals surface area contributed by atoms with Crippen LogP contribution in [0.1, 0.15) is 20.7 Å². The highest BCUT2D eigenvalue weighted by molar-refractivity contribution is 6.08. The Labute approximate surface area is 120 Å². The fourth-order valence-electron chi connectivity index (χ4n) is 1.77. The Kier molecular flexibility index (Phi) is 4.08. The van der Waals surface area contributed by atoms with Gasteiger partial charge in [-0.05, 0) is 24.3 Å². The largest absolute Gasteiger partial charge is 0.872 e. The number of carboxylic acids is 1. The lowest BCUT2D eigenvalue weighted by atomic mass is 10.1. The number of carbonyl (C=O) groups excluding carboxylic acids is 1. The summed E-state index contributed by atoms with van der Waals surface area (Å²) in [5.41, 5.74) is 0.130. The normalized spacial score (nSPS) is 9.95. The van der Waals surface area contributed by atoms with Crippen molar-refractivity contribution in [3.63, 3.8) is 0 Å². The second-order valence-corrected chi connectivity index (χ2v) is 4.20. The van der Waals surface area contributed by atoms with E-state index in [9.17, 15) is 14.7 Å². The van der Waals surface area contributed by atoms with E-state index in [0.717, 1.165) is 6.07 Å². The summed E-state index contributed by atoms with van der Waals surface area (Å²) >= 11 is 0. The number of hydrogen-bond acceptors (Lipinski definition) is 4. The molecular formula is C15H12NO5-. The SMILES string of the molecule is COc1cccc(C(=O)Nc2ccc([O-])cc2C(=O)O)c1. The fourth-order valence-corrected chi connectivity index (χ4v) is 1.77. The zero-order valence-electron chi connectivity index (χ0n) is 11.1. The zero-order chi connectivity index (χ0) is 15.4. The highest BCUT2D eigenvalue weighted by Gasteiger charge is 2.13. The number of carbonyl (C=O) groups is 2. The van der Waals surface area contributed by atoms with Crippen molar-refractivity contribution in [3.8, 4) is 11.5 Å². The van der Waals surface area contributed by atoms with Crippen LogP contribution < -0.4 is 15.2 Å². The van der Waals surface area contributed by atoms with Crippen LogP contribution >= 0.6 is 0 Å². The number of amides is 1. The topological polar surface area (TPSA) is 98.7 Å². The number of ether oxygens (including phenoxy) is 1. The summed E-state index contributed by atoms with van der Waals surface area (Å²) in [5, 5.41) is 22.7. The van der Waals surface area contributed by atoms with Crippen molar-refractivity contribution in [2.45, 2.75) is 0 Å². The summed E-state index contributed by atoms with van der Waals surface area (Å²) in [5.74, 6) is -1.70. The summed E-state index contributed by atoms with van der Waals surface area (Å²) in [6.07, 6.45) is 0. The molecule has 21 heavy (non-hydrogen) atoms. The summed E-state index contributed by atoms with van der Waals surface area (Å²) < 4.78 is 5.02. The monoisotopic (exact) mass is 286 g/mol. The first-order valence-corrected chi connectivity index (χ1v) is 6.01. The first-order chi connectivity index (χ1) is 10.0. The molecule has 0 atom stereocenters. The molecule has 0 radical (unpaired) electrons. The minimum Gasteiger partial charge on any atom is -0.872 e.